The highest BCUT2D eigenvalue weighted by molar-refractivity contribution is 9.10. The molecule has 1 aliphatic heterocycles. The van der Waals surface area contributed by atoms with Gasteiger partial charge in [-0.1, -0.05) is 15.9 Å². The van der Waals surface area contributed by atoms with Gasteiger partial charge >= 0.3 is 0 Å². The van der Waals surface area contributed by atoms with Gasteiger partial charge in [0.2, 0.25) is 0 Å². The second kappa shape index (κ2) is 5.75. The van der Waals surface area contributed by atoms with Crippen molar-refractivity contribution < 1.29 is 9.13 Å². The zero-order valence-corrected chi connectivity index (χ0v) is 10.6. The third kappa shape index (κ3) is 3.27. The first-order valence-corrected chi connectivity index (χ1v) is 6.27. The highest BCUT2D eigenvalue weighted by Crippen LogP contribution is 2.19. The van der Waals surface area contributed by atoms with E-state index in [-0.39, 0.29) is 5.82 Å². The van der Waals surface area contributed by atoms with Crippen LogP contribution in [0.1, 0.15) is 12.0 Å². The third-order valence-corrected chi connectivity index (χ3v) is 3.55. The summed E-state index contributed by atoms with van der Waals surface area (Å²) in [6, 6.07) is 4.66. The fourth-order valence-corrected chi connectivity index (χ4v) is 2.21. The lowest BCUT2D eigenvalue weighted by Crippen LogP contribution is -2.13. The van der Waals surface area contributed by atoms with Crippen LogP contribution in [0.2, 0.25) is 0 Å². The first-order valence-electron chi connectivity index (χ1n) is 5.48. The van der Waals surface area contributed by atoms with Crippen molar-refractivity contribution in [2.45, 2.75) is 13.0 Å². The molecular formula is C12H15BrFNO. The Kier molecular flexibility index (Phi) is 4.32. The molecule has 0 aromatic heterocycles. The summed E-state index contributed by atoms with van der Waals surface area (Å²) in [5.74, 6) is 0.386. The molecule has 0 spiro atoms. The van der Waals surface area contributed by atoms with E-state index in [0.717, 1.165) is 29.7 Å². The minimum atomic E-state index is -0.218. The van der Waals surface area contributed by atoms with E-state index >= 15 is 0 Å². The van der Waals surface area contributed by atoms with Crippen molar-refractivity contribution in [3.05, 3.63) is 34.1 Å². The normalized spacial score (nSPS) is 20.2. The van der Waals surface area contributed by atoms with E-state index in [1.54, 1.807) is 6.07 Å². The molecule has 88 valence electrons. The lowest BCUT2D eigenvalue weighted by atomic mass is 10.1. The molecule has 2 nitrogen and oxygen atoms in total. The second-order valence-corrected chi connectivity index (χ2v) is 4.96. The Morgan fingerprint density at radius 3 is 3.12 bits per heavy atom. The number of ether oxygens (including phenoxy) is 1. The van der Waals surface area contributed by atoms with Crippen molar-refractivity contribution >= 4 is 15.9 Å². The van der Waals surface area contributed by atoms with Crippen molar-refractivity contribution in [3.63, 3.8) is 0 Å². The summed E-state index contributed by atoms with van der Waals surface area (Å²) in [6.45, 7) is 3.33. The molecule has 1 unspecified atom stereocenters. The van der Waals surface area contributed by atoms with E-state index in [2.05, 4.69) is 21.2 Å². The molecule has 1 fully saturated rings. The quantitative estimate of drug-likeness (QED) is 0.919. The molecule has 1 N–H and O–H groups in total. The fraction of sp³-hybridized carbons (Fsp3) is 0.500. The maximum Gasteiger partial charge on any atom is 0.123 e. The zero-order valence-electron chi connectivity index (χ0n) is 9.01. The van der Waals surface area contributed by atoms with Gasteiger partial charge in [0, 0.05) is 11.0 Å². The summed E-state index contributed by atoms with van der Waals surface area (Å²) < 4.78 is 19.5. The average Bonchev–Trinajstić information content (AvgIpc) is 2.76. The van der Waals surface area contributed by atoms with Crippen molar-refractivity contribution in [3.8, 4) is 0 Å². The lowest BCUT2D eigenvalue weighted by Gasteiger charge is -2.10. The SMILES string of the molecule is Fc1ccc(Br)c(COCC2CCNC2)c1. The van der Waals surface area contributed by atoms with Crippen molar-refractivity contribution in [2.75, 3.05) is 19.7 Å². The van der Waals surface area contributed by atoms with Crippen molar-refractivity contribution in [1.29, 1.82) is 0 Å². The van der Waals surface area contributed by atoms with Gasteiger partial charge in [-0.25, -0.2) is 4.39 Å². The Bertz CT molecular complexity index is 353. The minimum absolute atomic E-state index is 0.218. The van der Waals surface area contributed by atoms with Crippen LogP contribution >= 0.6 is 15.9 Å². The van der Waals surface area contributed by atoms with E-state index in [0.29, 0.717) is 12.5 Å². The highest BCUT2D eigenvalue weighted by atomic mass is 79.9. The fourth-order valence-electron chi connectivity index (χ4n) is 1.85. The molecule has 1 heterocycles. The molecule has 0 amide bonds. The van der Waals surface area contributed by atoms with E-state index < -0.39 is 0 Å². The molecule has 0 saturated carbocycles. The van der Waals surface area contributed by atoms with Gasteiger partial charge in [0.1, 0.15) is 5.82 Å². The third-order valence-electron chi connectivity index (χ3n) is 2.78. The standard InChI is InChI=1S/C12H15BrFNO/c13-12-2-1-11(14)5-10(12)8-16-7-9-3-4-15-6-9/h1-2,5,9,15H,3-4,6-8H2. The van der Waals surface area contributed by atoms with Crippen LogP contribution < -0.4 is 5.32 Å². The van der Waals surface area contributed by atoms with Gasteiger partial charge in [-0.15, -0.1) is 0 Å². The molecule has 0 bridgehead atoms. The molecular weight excluding hydrogens is 273 g/mol. The molecule has 1 aromatic carbocycles. The summed E-state index contributed by atoms with van der Waals surface area (Å²) in [5.41, 5.74) is 0.867. The van der Waals surface area contributed by atoms with Crippen molar-refractivity contribution in [1.82, 2.24) is 5.32 Å². The predicted molar refractivity (Wildman–Crippen MR) is 64.7 cm³/mol. The summed E-state index contributed by atoms with van der Waals surface area (Å²) in [5, 5.41) is 3.29. The first kappa shape index (κ1) is 12.0. The number of hydrogen-bond donors (Lipinski definition) is 1. The Morgan fingerprint density at radius 2 is 2.38 bits per heavy atom. The second-order valence-electron chi connectivity index (χ2n) is 4.11. The zero-order chi connectivity index (χ0) is 11.4. The topological polar surface area (TPSA) is 21.3 Å². The smallest absolute Gasteiger partial charge is 0.123 e. The maximum atomic E-state index is 13.0. The van der Waals surface area contributed by atoms with Gasteiger partial charge in [0.15, 0.2) is 0 Å². The van der Waals surface area contributed by atoms with Gasteiger partial charge in [-0.05, 0) is 42.6 Å². The van der Waals surface area contributed by atoms with Crippen LogP contribution in [0.5, 0.6) is 0 Å². The molecule has 16 heavy (non-hydrogen) atoms. The van der Waals surface area contributed by atoms with E-state index in [9.17, 15) is 4.39 Å². The van der Waals surface area contributed by atoms with Crippen LogP contribution in [-0.4, -0.2) is 19.7 Å². The van der Waals surface area contributed by atoms with E-state index in [4.69, 9.17) is 4.74 Å². The van der Waals surface area contributed by atoms with Crippen LogP contribution in [0.3, 0.4) is 0 Å². The molecule has 1 aromatic rings. The molecule has 2 rings (SSSR count). The summed E-state index contributed by atoms with van der Waals surface area (Å²) in [7, 11) is 0. The first-order chi connectivity index (χ1) is 7.75. The van der Waals surface area contributed by atoms with Crippen LogP contribution in [-0.2, 0) is 11.3 Å². The maximum absolute atomic E-state index is 13.0. The highest BCUT2D eigenvalue weighted by Gasteiger charge is 2.14. The van der Waals surface area contributed by atoms with Crippen LogP contribution in [0, 0.1) is 11.7 Å². The molecule has 1 saturated heterocycles. The van der Waals surface area contributed by atoms with Gasteiger partial charge in [0.05, 0.1) is 13.2 Å². The van der Waals surface area contributed by atoms with Crippen LogP contribution in [0.25, 0.3) is 0 Å². The molecule has 0 aliphatic carbocycles. The summed E-state index contributed by atoms with van der Waals surface area (Å²) in [6.07, 6.45) is 1.17. The predicted octanol–water partition coefficient (Wildman–Crippen LogP) is 2.71. The van der Waals surface area contributed by atoms with Crippen LogP contribution in [0.4, 0.5) is 4.39 Å². The Hall–Kier alpha value is -0.450. The Morgan fingerprint density at radius 1 is 1.50 bits per heavy atom. The molecule has 1 atom stereocenters. The summed E-state index contributed by atoms with van der Waals surface area (Å²) >= 11 is 3.39. The lowest BCUT2D eigenvalue weighted by molar-refractivity contribution is 0.0919. The van der Waals surface area contributed by atoms with Gasteiger partial charge in [-0.3, -0.25) is 0 Å². The molecule has 0 radical (unpaired) electrons. The minimum Gasteiger partial charge on any atom is -0.376 e. The summed E-state index contributed by atoms with van der Waals surface area (Å²) in [4.78, 5) is 0. The number of rotatable bonds is 4. The van der Waals surface area contributed by atoms with Gasteiger partial charge in [0.25, 0.3) is 0 Å². The van der Waals surface area contributed by atoms with E-state index in [1.165, 1.54) is 18.6 Å². The average molecular weight is 288 g/mol. The number of benzene rings is 1. The number of halogens is 2. The number of hydrogen-bond acceptors (Lipinski definition) is 2. The molecule has 1 aliphatic rings. The van der Waals surface area contributed by atoms with Gasteiger partial charge < -0.3 is 10.1 Å². The van der Waals surface area contributed by atoms with E-state index in [1.807, 2.05) is 0 Å². The van der Waals surface area contributed by atoms with Gasteiger partial charge in [-0.2, -0.15) is 0 Å². The van der Waals surface area contributed by atoms with Crippen molar-refractivity contribution in [2.24, 2.45) is 5.92 Å². The largest absolute Gasteiger partial charge is 0.376 e. The van der Waals surface area contributed by atoms with Crippen LogP contribution in [0.15, 0.2) is 22.7 Å². The number of nitrogens with one attached hydrogen (secondary N) is 1. The monoisotopic (exact) mass is 287 g/mol. The Balaban J connectivity index is 1.82. The molecule has 4 heteroatoms. The Labute approximate surface area is 103 Å².